The summed E-state index contributed by atoms with van der Waals surface area (Å²) >= 11 is 1.74. The van der Waals surface area contributed by atoms with E-state index >= 15 is 0 Å². The second kappa shape index (κ2) is 5.73. The lowest BCUT2D eigenvalue weighted by Gasteiger charge is -2.16. The highest BCUT2D eigenvalue weighted by atomic mass is 32.1. The average Bonchev–Trinajstić information content (AvgIpc) is 2.97. The molecular weight excluding hydrogens is 264 g/mol. The Labute approximate surface area is 123 Å². The Bertz CT molecular complexity index is 704. The van der Waals surface area contributed by atoms with Gasteiger partial charge >= 0.3 is 0 Å². The highest BCUT2D eigenvalue weighted by Gasteiger charge is 2.13. The van der Waals surface area contributed by atoms with E-state index in [1.54, 1.807) is 11.3 Å². The second-order valence-corrected chi connectivity index (χ2v) is 5.84. The van der Waals surface area contributed by atoms with Gasteiger partial charge in [0.2, 0.25) is 0 Å². The van der Waals surface area contributed by atoms with Crippen molar-refractivity contribution in [3.05, 3.63) is 64.0 Å². The van der Waals surface area contributed by atoms with Gasteiger partial charge in [0.1, 0.15) is 0 Å². The largest absolute Gasteiger partial charge is 0.311 e. The van der Waals surface area contributed by atoms with Gasteiger partial charge in [0.05, 0.1) is 17.3 Å². The van der Waals surface area contributed by atoms with Crippen LogP contribution in [0.1, 0.15) is 22.9 Å². The Kier molecular flexibility index (Phi) is 3.81. The minimum atomic E-state index is 0.257. The Morgan fingerprint density at radius 2 is 2.10 bits per heavy atom. The summed E-state index contributed by atoms with van der Waals surface area (Å²) in [7, 11) is 2.00. The normalized spacial score (nSPS) is 12.7. The van der Waals surface area contributed by atoms with E-state index in [1.165, 1.54) is 16.5 Å². The van der Waals surface area contributed by atoms with Crippen molar-refractivity contribution in [2.24, 2.45) is 0 Å². The van der Waals surface area contributed by atoms with E-state index in [0.29, 0.717) is 0 Å². The minimum absolute atomic E-state index is 0.257. The maximum absolute atomic E-state index is 4.83. The van der Waals surface area contributed by atoms with Crippen LogP contribution < -0.4 is 5.32 Å². The topological polar surface area (TPSA) is 24.9 Å². The number of aromatic nitrogens is 1. The summed E-state index contributed by atoms with van der Waals surface area (Å²) in [6, 6.07) is 13.0. The molecular formula is C17H18N2S. The molecule has 1 N–H and O–H groups in total. The smallest absolute Gasteiger partial charge is 0.0708 e. The molecule has 3 aromatic rings. The van der Waals surface area contributed by atoms with E-state index in [2.05, 4.69) is 53.3 Å². The predicted molar refractivity (Wildman–Crippen MR) is 86.3 cm³/mol. The summed E-state index contributed by atoms with van der Waals surface area (Å²) < 4.78 is 0. The van der Waals surface area contributed by atoms with Crippen molar-refractivity contribution in [1.82, 2.24) is 10.3 Å². The predicted octanol–water partition coefficient (Wildman–Crippen LogP) is 4.11. The molecule has 0 spiro atoms. The van der Waals surface area contributed by atoms with Crippen LogP contribution in [0.5, 0.6) is 0 Å². The number of pyridine rings is 1. The molecule has 0 aliphatic heterocycles. The van der Waals surface area contributed by atoms with Gasteiger partial charge in [0, 0.05) is 5.39 Å². The lowest BCUT2D eigenvalue weighted by molar-refractivity contribution is 0.578. The van der Waals surface area contributed by atoms with Gasteiger partial charge < -0.3 is 5.32 Å². The Morgan fingerprint density at radius 3 is 2.85 bits per heavy atom. The third-order valence-corrected chi connectivity index (χ3v) is 4.40. The summed E-state index contributed by atoms with van der Waals surface area (Å²) in [5.41, 5.74) is 4.85. The number of aryl methyl sites for hydroxylation is 1. The number of thiophene rings is 1. The molecule has 0 aliphatic rings. The van der Waals surface area contributed by atoms with Crippen molar-refractivity contribution in [2.45, 2.75) is 19.4 Å². The summed E-state index contributed by atoms with van der Waals surface area (Å²) in [6.07, 6.45) is 0.977. The van der Waals surface area contributed by atoms with Crippen LogP contribution in [0.3, 0.4) is 0 Å². The number of nitrogens with zero attached hydrogens (tertiary/aromatic N) is 1. The molecule has 1 unspecified atom stereocenters. The summed E-state index contributed by atoms with van der Waals surface area (Å²) in [4.78, 5) is 4.83. The van der Waals surface area contributed by atoms with Gasteiger partial charge in [-0.3, -0.25) is 4.98 Å². The van der Waals surface area contributed by atoms with E-state index < -0.39 is 0 Å². The number of benzene rings is 1. The minimum Gasteiger partial charge on any atom is -0.311 e. The highest BCUT2D eigenvalue weighted by molar-refractivity contribution is 7.07. The third-order valence-electron chi connectivity index (χ3n) is 3.67. The molecule has 2 heterocycles. The molecule has 102 valence electrons. The zero-order valence-corrected chi connectivity index (χ0v) is 12.6. The molecule has 1 aromatic carbocycles. The van der Waals surface area contributed by atoms with Crippen LogP contribution in [0.2, 0.25) is 0 Å². The van der Waals surface area contributed by atoms with Gasteiger partial charge in [-0.2, -0.15) is 11.3 Å². The molecule has 3 rings (SSSR count). The second-order valence-electron chi connectivity index (χ2n) is 5.06. The summed E-state index contributed by atoms with van der Waals surface area (Å²) in [5, 5.41) is 8.96. The molecule has 0 amide bonds. The lowest BCUT2D eigenvalue weighted by atomic mass is 10.0. The van der Waals surface area contributed by atoms with Gasteiger partial charge in [0.15, 0.2) is 0 Å². The van der Waals surface area contributed by atoms with Gasteiger partial charge in [-0.05, 0) is 60.5 Å². The van der Waals surface area contributed by atoms with Gasteiger partial charge in [0.25, 0.3) is 0 Å². The standard InChI is InChI=1S/C17H18N2S/c1-12-9-17(19-15-6-4-3-5-14(12)15)16(18-2)10-13-7-8-20-11-13/h3-9,11,16,18H,10H2,1-2H3. The Balaban J connectivity index is 1.99. The fraction of sp³-hybridized carbons (Fsp3) is 0.235. The first-order chi connectivity index (χ1) is 9.78. The van der Waals surface area contributed by atoms with Crippen molar-refractivity contribution >= 4 is 22.2 Å². The molecule has 20 heavy (non-hydrogen) atoms. The summed E-state index contributed by atoms with van der Waals surface area (Å²) in [5.74, 6) is 0. The fourth-order valence-electron chi connectivity index (χ4n) is 2.55. The number of fused-ring (bicyclic) bond motifs is 1. The van der Waals surface area contributed by atoms with E-state index in [4.69, 9.17) is 4.98 Å². The summed E-state index contributed by atoms with van der Waals surface area (Å²) in [6.45, 7) is 2.16. The maximum atomic E-state index is 4.83. The Hall–Kier alpha value is -1.71. The van der Waals surface area contributed by atoms with Crippen LogP contribution in [-0.2, 0) is 6.42 Å². The maximum Gasteiger partial charge on any atom is 0.0708 e. The van der Waals surface area contributed by atoms with Crippen LogP contribution in [0, 0.1) is 6.92 Å². The first-order valence-corrected chi connectivity index (χ1v) is 7.77. The zero-order valence-electron chi connectivity index (χ0n) is 11.8. The number of hydrogen-bond acceptors (Lipinski definition) is 3. The number of nitrogens with one attached hydrogen (secondary N) is 1. The number of likely N-dealkylation sites (N-methyl/N-ethyl adjacent to an activating group) is 1. The SMILES string of the molecule is CNC(Cc1ccsc1)c1cc(C)c2ccccc2n1. The van der Waals surface area contributed by atoms with Crippen molar-refractivity contribution in [1.29, 1.82) is 0 Å². The number of hydrogen-bond donors (Lipinski definition) is 1. The quantitative estimate of drug-likeness (QED) is 0.779. The number of rotatable bonds is 4. The van der Waals surface area contributed by atoms with Gasteiger partial charge in [-0.1, -0.05) is 18.2 Å². The first kappa shape index (κ1) is 13.3. The van der Waals surface area contributed by atoms with Crippen molar-refractivity contribution < 1.29 is 0 Å². The lowest BCUT2D eigenvalue weighted by Crippen LogP contribution is -2.20. The molecule has 0 saturated heterocycles. The fourth-order valence-corrected chi connectivity index (χ4v) is 3.23. The molecule has 0 aliphatic carbocycles. The Morgan fingerprint density at radius 1 is 1.25 bits per heavy atom. The molecule has 0 radical (unpaired) electrons. The highest BCUT2D eigenvalue weighted by Crippen LogP contribution is 2.23. The van der Waals surface area contributed by atoms with Crippen molar-refractivity contribution in [3.63, 3.8) is 0 Å². The zero-order chi connectivity index (χ0) is 13.9. The van der Waals surface area contributed by atoms with E-state index in [-0.39, 0.29) is 6.04 Å². The van der Waals surface area contributed by atoms with Crippen molar-refractivity contribution in [3.8, 4) is 0 Å². The van der Waals surface area contributed by atoms with Gasteiger partial charge in [-0.15, -0.1) is 0 Å². The molecule has 2 nitrogen and oxygen atoms in total. The van der Waals surface area contributed by atoms with Crippen molar-refractivity contribution in [2.75, 3.05) is 7.05 Å². The molecule has 0 fully saturated rings. The average molecular weight is 282 g/mol. The monoisotopic (exact) mass is 282 g/mol. The molecule has 2 aromatic heterocycles. The first-order valence-electron chi connectivity index (χ1n) is 6.82. The molecule has 3 heteroatoms. The van der Waals surface area contributed by atoms with E-state index in [0.717, 1.165) is 17.6 Å². The number of para-hydroxylation sites is 1. The van der Waals surface area contributed by atoms with E-state index in [9.17, 15) is 0 Å². The molecule has 0 bridgehead atoms. The van der Waals surface area contributed by atoms with Crippen LogP contribution >= 0.6 is 11.3 Å². The molecule has 0 saturated carbocycles. The van der Waals surface area contributed by atoms with Crippen LogP contribution in [-0.4, -0.2) is 12.0 Å². The molecule has 1 atom stereocenters. The van der Waals surface area contributed by atoms with Crippen LogP contribution in [0.4, 0.5) is 0 Å². The van der Waals surface area contributed by atoms with Gasteiger partial charge in [-0.25, -0.2) is 0 Å². The van der Waals surface area contributed by atoms with E-state index in [1.807, 2.05) is 13.1 Å². The van der Waals surface area contributed by atoms with Crippen LogP contribution in [0.25, 0.3) is 10.9 Å². The van der Waals surface area contributed by atoms with Crippen LogP contribution in [0.15, 0.2) is 47.2 Å². The third kappa shape index (κ3) is 2.60.